The van der Waals surface area contributed by atoms with E-state index in [2.05, 4.69) is 61.9 Å². The molecule has 0 atom stereocenters. The second-order valence-electron chi connectivity index (χ2n) is 8.30. The molecule has 0 aliphatic carbocycles. The standard InChI is InChI=1S/C26H28FN5/c27-23-7-8-24-25(17-23)31-26(30-24)22-6-2-5-21(16-22)20-4-1-3-19(15-20)18-29-11-14-32-12-9-28-10-13-32/h1-8,15-17,28-29H,9-14,18H2,(H,30,31). The highest BCUT2D eigenvalue weighted by molar-refractivity contribution is 5.80. The Labute approximate surface area is 187 Å². The fourth-order valence-corrected chi connectivity index (χ4v) is 4.23. The Bertz CT molecular complexity index is 1200. The largest absolute Gasteiger partial charge is 0.338 e. The van der Waals surface area contributed by atoms with Crippen LogP contribution < -0.4 is 10.6 Å². The van der Waals surface area contributed by atoms with E-state index in [1.54, 1.807) is 6.07 Å². The van der Waals surface area contributed by atoms with E-state index in [1.807, 2.05) is 12.1 Å². The third-order valence-corrected chi connectivity index (χ3v) is 5.98. The van der Waals surface area contributed by atoms with Crippen LogP contribution in [0.3, 0.4) is 0 Å². The number of imidazole rings is 1. The molecule has 1 aromatic heterocycles. The lowest BCUT2D eigenvalue weighted by Crippen LogP contribution is -2.45. The van der Waals surface area contributed by atoms with Crippen LogP contribution in [0.25, 0.3) is 33.5 Å². The van der Waals surface area contributed by atoms with Gasteiger partial charge < -0.3 is 15.6 Å². The summed E-state index contributed by atoms with van der Waals surface area (Å²) >= 11 is 0. The van der Waals surface area contributed by atoms with Crippen molar-refractivity contribution in [2.75, 3.05) is 39.3 Å². The lowest BCUT2D eigenvalue weighted by Gasteiger charge is -2.27. The molecule has 2 heterocycles. The topological polar surface area (TPSA) is 56.0 Å². The van der Waals surface area contributed by atoms with E-state index >= 15 is 0 Å². The number of H-pyrrole nitrogens is 1. The average Bonchev–Trinajstić information content (AvgIpc) is 3.26. The molecular weight excluding hydrogens is 401 g/mol. The van der Waals surface area contributed by atoms with Gasteiger partial charge in [0.1, 0.15) is 11.6 Å². The summed E-state index contributed by atoms with van der Waals surface area (Å²) in [6.07, 6.45) is 0. The van der Waals surface area contributed by atoms with Gasteiger partial charge in [0, 0.05) is 51.4 Å². The van der Waals surface area contributed by atoms with E-state index in [9.17, 15) is 4.39 Å². The summed E-state index contributed by atoms with van der Waals surface area (Å²) in [6.45, 7) is 7.38. The predicted octanol–water partition coefficient (Wildman–Crippen LogP) is 4.03. The number of fused-ring (bicyclic) bond motifs is 1. The number of nitrogens with zero attached hydrogens (tertiary/aromatic N) is 2. The highest BCUT2D eigenvalue weighted by atomic mass is 19.1. The minimum atomic E-state index is -0.264. The maximum atomic E-state index is 13.5. The first-order valence-corrected chi connectivity index (χ1v) is 11.2. The summed E-state index contributed by atoms with van der Waals surface area (Å²) in [7, 11) is 0. The molecule has 3 N–H and O–H groups in total. The van der Waals surface area contributed by atoms with Gasteiger partial charge in [-0.2, -0.15) is 0 Å². The molecule has 3 aromatic carbocycles. The van der Waals surface area contributed by atoms with Crippen molar-refractivity contribution in [2.24, 2.45) is 0 Å². The molecular formula is C26H28FN5. The zero-order valence-electron chi connectivity index (χ0n) is 18.1. The van der Waals surface area contributed by atoms with Crippen LogP contribution >= 0.6 is 0 Å². The Balaban J connectivity index is 1.27. The molecule has 0 spiro atoms. The lowest BCUT2D eigenvalue weighted by atomic mass is 10.0. The molecule has 0 bridgehead atoms. The molecule has 1 aliphatic heterocycles. The summed E-state index contributed by atoms with van der Waals surface area (Å²) in [5, 5.41) is 6.97. The first-order valence-electron chi connectivity index (χ1n) is 11.2. The van der Waals surface area contributed by atoms with E-state index in [-0.39, 0.29) is 5.82 Å². The maximum absolute atomic E-state index is 13.5. The van der Waals surface area contributed by atoms with Crippen molar-refractivity contribution in [1.29, 1.82) is 0 Å². The number of aromatic amines is 1. The molecule has 1 aliphatic rings. The van der Waals surface area contributed by atoms with Gasteiger partial charge in [-0.3, -0.25) is 4.90 Å². The van der Waals surface area contributed by atoms with Crippen LogP contribution in [0, 0.1) is 5.82 Å². The minimum Gasteiger partial charge on any atom is -0.338 e. The SMILES string of the molecule is Fc1ccc2nc(-c3cccc(-c4cccc(CNCCN5CCNCC5)c4)c3)[nH]c2c1. The smallest absolute Gasteiger partial charge is 0.138 e. The van der Waals surface area contributed by atoms with Crippen molar-refractivity contribution in [1.82, 2.24) is 25.5 Å². The van der Waals surface area contributed by atoms with Crippen LogP contribution in [0.5, 0.6) is 0 Å². The third-order valence-electron chi connectivity index (χ3n) is 5.98. The first kappa shape index (κ1) is 20.8. The number of nitrogens with one attached hydrogen (secondary N) is 3. The Morgan fingerprint density at radius 1 is 0.906 bits per heavy atom. The van der Waals surface area contributed by atoms with Crippen LogP contribution in [-0.2, 0) is 6.54 Å². The quantitative estimate of drug-likeness (QED) is 0.388. The number of benzene rings is 3. The highest BCUT2D eigenvalue weighted by Crippen LogP contribution is 2.27. The second-order valence-corrected chi connectivity index (χ2v) is 8.30. The predicted molar refractivity (Wildman–Crippen MR) is 128 cm³/mol. The summed E-state index contributed by atoms with van der Waals surface area (Å²) in [5.74, 6) is 0.484. The van der Waals surface area contributed by atoms with Crippen molar-refractivity contribution < 1.29 is 4.39 Å². The zero-order chi connectivity index (χ0) is 21.8. The highest BCUT2D eigenvalue weighted by Gasteiger charge is 2.09. The van der Waals surface area contributed by atoms with Gasteiger partial charge in [-0.1, -0.05) is 36.4 Å². The maximum Gasteiger partial charge on any atom is 0.138 e. The molecule has 5 nitrogen and oxygen atoms in total. The number of aromatic nitrogens is 2. The number of hydrogen-bond donors (Lipinski definition) is 3. The first-order chi connectivity index (χ1) is 15.7. The van der Waals surface area contributed by atoms with Gasteiger partial charge in [-0.05, 0) is 47.0 Å². The van der Waals surface area contributed by atoms with Gasteiger partial charge in [0.05, 0.1) is 11.0 Å². The van der Waals surface area contributed by atoms with Crippen molar-refractivity contribution in [3.8, 4) is 22.5 Å². The van der Waals surface area contributed by atoms with E-state index < -0.39 is 0 Å². The van der Waals surface area contributed by atoms with Crippen LogP contribution in [0.2, 0.25) is 0 Å². The molecule has 1 fully saturated rings. The Morgan fingerprint density at radius 2 is 1.69 bits per heavy atom. The number of rotatable bonds is 7. The molecule has 5 rings (SSSR count). The minimum absolute atomic E-state index is 0.264. The molecule has 32 heavy (non-hydrogen) atoms. The van der Waals surface area contributed by atoms with E-state index in [0.29, 0.717) is 5.52 Å². The zero-order valence-corrected chi connectivity index (χ0v) is 18.1. The van der Waals surface area contributed by atoms with E-state index in [1.165, 1.54) is 23.3 Å². The van der Waals surface area contributed by atoms with Gasteiger partial charge in [-0.15, -0.1) is 0 Å². The molecule has 4 aromatic rings. The monoisotopic (exact) mass is 429 g/mol. The lowest BCUT2D eigenvalue weighted by molar-refractivity contribution is 0.241. The van der Waals surface area contributed by atoms with Crippen LogP contribution in [-0.4, -0.2) is 54.1 Å². The third kappa shape index (κ3) is 4.88. The number of hydrogen-bond acceptors (Lipinski definition) is 4. The van der Waals surface area contributed by atoms with Crippen molar-refractivity contribution in [3.63, 3.8) is 0 Å². The second kappa shape index (κ2) is 9.61. The number of halogens is 1. The Morgan fingerprint density at radius 3 is 2.56 bits per heavy atom. The average molecular weight is 430 g/mol. The van der Waals surface area contributed by atoms with Gasteiger partial charge in [0.15, 0.2) is 0 Å². The molecule has 164 valence electrons. The summed E-state index contributed by atoms with van der Waals surface area (Å²) in [5.41, 5.74) is 6.04. The Kier molecular flexibility index (Phi) is 6.25. The van der Waals surface area contributed by atoms with E-state index in [0.717, 1.165) is 68.3 Å². The van der Waals surface area contributed by atoms with Gasteiger partial charge in [-0.25, -0.2) is 9.37 Å². The molecule has 1 saturated heterocycles. The van der Waals surface area contributed by atoms with Crippen molar-refractivity contribution in [3.05, 3.63) is 78.1 Å². The normalized spacial score (nSPS) is 14.8. The van der Waals surface area contributed by atoms with Gasteiger partial charge in [0.25, 0.3) is 0 Å². The van der Waals surface area contributed by atoms with Crippen LogP contribution in [0.1, 0.15) is 5.56 Å². The van der Waals surface area contributed by atoms with Gasteiger partial charge in [0.2, 0.25) is 0 Å². The molecule has 0 saturated carbocycles. The van der Waals surface area contributed by atoms with Crippen LogP contribution in [0.4, 0.5) is 4.39 Å². The summed E-state index contributed by atoms with van der Waals surface area (Å²) in [4.78, 5) is 10.4. The molecule has 0 amide bonds. The van der Waals surface area contributed by atoms with Gasteiger partial charge >= 0.3 is 0 Å². The van der Waals surface area contributed by atoms with Crippen molar-refractivity contribution in [2.45, 2.75) is 6.54 Å². The van der Waals surface area contributed by atoms with Crippen LogP contribution in [0.15, 0.2) is 66.7 Å². The molecule has 0 unspecified atom stereocenters. The van der Waals surface area contributed by atoms with Crippen molar-refractivity contribution >= 4 is 11.0 Å². The molecule has 0 radical (unpaired) electrons. The summed E-state index contributed by atoms with van der Waals surface area (Å²) in [6, 6.07) is 21.6. The fourth-order valence-electron chi connectivity index (χ4n) is 4.23. The fraction of sp³-hybridized carbons (Fsp3) is 0.269. The van der Waals surface area contributed by atoms with E-state index in [4.69, 9.17) is 0 Å². The molecule has 6 heteroatoms. The Hall–Kier alpha value is -3.06. The summed E-state index contributed by atoms with van der Waals surface area (Å²) < 4.78 is 13.5. The number of piperazine rings is 1.